The molecule has 184 valence electrons. The second kappa shape index (κ2) is 11.2. The molecular formula is C22H35N5O5S. The predicted molar refractivity (Wildman–Crippen MR) is 124 cm³/mol. The highest BCUT2D eigenvalue weighted by atomic mass is 32.1. The van der Waals surface area contributed by atoms with Crippen molar-refractivity contribution in [3.63, 3.8) is 0 Å². The summed E-state index contributed by atoms with van der Waals surface area (Å²) in [5, 5.41) is 8.22. The minimum Gasteiger partial charge on any atom is -0.354 e. The predicted octanol–water partition coefficient (Wildman–Crippen LogP) is -0.566. The van der Waals surface area contributed by atoms with E-state index in [1.165, 1.54) is 4.90 Å². The summed E-state index contributed by atoms with van der Waals surface area (Å²) in [5.41, 5.74) is 0. The third kappa shape index (κ3) is 5.80. The van der Waals surface area contributed by atoms with E-state index in [0.717, 1.165) is 0 Å². The van der Waals surface area contributed by atoms with Crippen LogP contribution in [-0.2, 0) is 24.0 Å². The van der Waals surface area contributed by atoms with E-state index >= 15 is 0 Å². The Morgan fingerprint density at radius 3 is 2.36 bits per heavy atom. The van der Waals surface area contributed by atoms with E-state index < -0.39 is 36.0 Å². The van der Waals surface area contributed by atoms with Crippen LogP contribution in [0.1, 0.15) is 52.4 Å². The van der Waals surface area contributed by atoms with Crippen molar-refractivity contribution >= 4 is 42.2 Å². The van der Waals surface area contributed by atoms with Gasteiger partial charge in [-0.05, 0) is 43.8 Å². The Bertz CT molecular complexity index is 781. The molecule has 0 unspecified atom stereocenters. The van der Waals surface area contributed by atoms with Crippen molar-refractivity contribution in [2.24, 2.45) is 5.92 Å². The fourth-order valence-electron chi connectivity index (χ4n) is 4.78. The summed E-state index contributed by atoms with van der Waals surface area (Å²) in [7, 11) is 0. The van der Waals surface area contributed by atoms with E-state index in [4.69, 9.17) is 0 Å². The SMILES string of the molecule is CC(C)[C@@H]1NC(=O)[C@H]2CCCN2C(=O)[C@@H]2CCCN2C(=O)C[C@H](C(=O)NCCCS)NC1=O. The lowest BCUT2D eigenvalue weighted by Gasteiger charge is -2.31. The molecular weight excluding hydrogens is 446 g/mol. The minimum atomic E-state index is -1.10. The van der Waals surface area contributed by atoms with E-state index in [1.807, 2.05) is 0 Å². The quantitative estimate of drug-likeness (QED) is 0.309. The number of nitrogens with zero attached hydrogens (tertiary/aromatic N) is 2. The van der Waals surface area contributed by atoms with E-state index in [-0.39, 0.29) is 30.1 Å². The van der Waals surface area contributed by atoms with Gasteiger partial charge in [-0.25, -0.2) is 0 Å². The molecule has 10 nitrogen and oxygen atoms in total. The number of fused-ring (bicyclic) bond motifs is 2. The smallest absolute Gasteiger partial charge is 0.246 e. The monoisotopic (exact) mass is 481 g/mol. The maximum absolute atomic E-state index is 13.4. The molecule has 0 aromatic heterocycles. The van der Waals surface area contributed by atoms with Gasteiger partial charge in [0.05, 0.1) is 6.42 Å². The van der Waals surface area contributed by atoms with E-state index in [2.05, 4.69) is 28.6 Å². The van der Waals surface area contributed by atoms with Crippen LogP contribution in [0.3, 0.4) is 0 Å². The van der Waals surface area contributed by atoms with Crippen molar-refractivity contribution in [1.82, 2.24) is 25.8 Å². The largest absolute Gasteiger partial charge is 0.354 e. The molecule has 33 heavy (non-hydrogen) atoms. The second-order valence-electron chi connectivity index (χ2n) is 9.30. The highest BCUT2D eigenvalue weighted by Crippen LogP contribution is 2.26. The summed E-state index contributed by atoms with van der Waals surface area (Å²) < 4.78 is 0. The fraction of sp³-hybridized carbons (Fsp3) is 0.773. The van der Waals surface area contributed by atoms with E-state index in [1.54, 1.807) is 18.7 Å². The van der Waals surface area contributed by atoms with Crippen LogP contribution in [-0.4, -0.2) is 88.9 Å². The maximum Gasteiger partial charge on any atom is 0.246 e. The molecule has 0 bridgehead atoms. The average Bonchev–Trinajstić information content (AvgIpc) is 3.45. The third-order valence-electron chi connectivity index (χ3n) is 6.59. The molecule has 3 saturated heterocycles. The van der Waals surface area contributed by atoms with Crippen LogP contribution >= 0.6 is 12.6 Å². The Morgan fingerprint density at radius 1 is 1.03 bits per heavy atom. The fourth-order valence-corrected chi connectivity index (χ4v) is 4.94. The third-order valence-corrected chi connectivity index (χ3v) is 6.91. The molecule has 0 aliphatic carbocycles. The number of amides is 5. The molecule has 3 N–H and O–H groups in total. The number of hydrogen-bond acceptors (Lipinski definition) is 6. The van der Waals surface area contributed by atoms with E-state index in [9.17, 15) is 24.0 Å². The molecule has 0 aromatic carbocycles. The Kier molecular flexibility index (Phi) is 8.61. The summed E-state index contributed by atoms with van der Waals surface area (Å²) in [5.74, 6) is -1.61. The Balaban J connectivity index is 1.92. The summed E-state index contributed by atoms with van der Waals surface area (Å²) in [6.07, 6.45) is 2.81. The van der Waals surface area contributed by atoms with Gasteiger partial charge >= 0.3 is 0 Å². The molecule has 11 heteroatoms. The lowest BCUT2D eigenvalue weighted by atomic mass is 10.0. The van der Waals surface area contributed by atoms with Crippen molar-refractivity contribution in [3.05, 3.63) is 0 Å². The van der Waals surface area contributed by atoms with Gasteiger partial charge in [0.15, 0.2) is 0 Å². The number of nitrogens with one attached hydrogen (secondary N) is 3. The van der Waals surface area contributed by atoms with Gasteiger partial charge in [0, 0.05) is 19.6 Å². The Hall–Kier alpha value is -2.30. The van der Waals surface area contributed by atoms with Gasteiger partial charge in [-0.15, -0.1) is 0 Å². The van der Waals surface area contributed by atoms with Crippen LogP contribution in [0.2, 0.25) is 0 Å². The molecule has 3 rings (SSSR count). The molecule has 5 amide bonds. The summed E-state index contributed by atoms with van der Waals surface area (Å²) in [4.78, 5) is 68.6. The van der Waals surface area contributed by atoms with Gasteiger partial charge in [-0.2, -0.15) is 12.6 Å². The highest BCUT2D eigenvalue weighted by molar-refractivity contribution is 7.80. The average molecular weight is 482 g/mol. The van der Waals surface area contributed by atoms with Crippen molar-refractivity contribution in [1.29, 1.82) is 0 Å². The van der Waals surface area contributed by atoms with Gasteiger partial charge in [-0.3, -0.25) is 24.0 Å². The van der Waals surface area contributed by atoms with Crippen LogP contribution in [0.15, 0.2) is 0 Å². The first-order valence-corrected chi connectivity index (χ1v) is 12.5. The first-order valence-electron chi connectivity index (χ1n) is 11.8. The summed E-state index contributed by atoms with van der Waals surface area (Å²) in [6, 6.07) is -3.29. The standard InChI is InChI=1S/C22H35N5O5S/c1-13(2)18-21(31)24-14(19(29)23-8-5-11-33)12-17(28)26-9-4-7-16(26)22(32)27-10-3-6-15(27)20(30)25-18/h13-16,18,33H,3-12H2,1-2H3,(H,23,29)(H,24,31)(H,25,30)/t14-,15-,16+,18+/m1/s1. The molecule has 3 fully saturated rings. The van der Waals surface area contributed by atoms with Crippen LogP contribution in [0.5, 0.6) is 0 Å². The van der Waals surface area contributed by atoms with Crippen LogP contribution in [0.4, 0.5) is 0 Å². The topological polar surface area (TPSA) is 128 Å². The lowest BCUT2D eigenvalue weighted by molar-refractivity contribution is -0.147. The first-order chi connectivity index (χ1) is 15.7. The van der Waals surface area contributed by atoms with Crippen molar-refractivity contribution in [3.8, 4) is 0 Å². The number of carbonyl (C=O) groups excluding carboxylic acids is 5. The maximum atomic E-state index is 13.4. The minimum absolute atomic E-state index is 0.229. The lowest BCUT2D eigenvalue weighted by Crippen LogP contribution is -2.58. The summed E-state index contributed by atoms with van der Waals surface area (Å²) >= 11 is 4.13. The molecule has 3 aliphatic rings. The van der Waals surface area contributed by atoms with Gasteiger partial charge in [0.25, 0.3) is 0 Å². The molecule has 0 aromatic rings. The molecule has 3 aliphatic heterocycles. The second-order valence-corrected chi connectivity index (χ2v) is 9.75. The van der Waals surface area contributed by atoms with Crippen molar-refractivity contribution < 1.29 is 24.0 Å². The Morgan fingerprint density at radius 2 is 1.70 bits per heavy atom. The number of hydrogen-bond donors (Lipinski definition) is 4. The van der Waals surface area contributed by atoms with Gasteiger partial charge in [0.2, 0.25) is 29.5 Å². The number of rotatable bonds is 5. The van der Waals surface area contributed by atoms with Crippen LogP contribution in [0, 0.1) is 5.92 Å². The molecule has 0 radical (unpaired) electrons. The molecule has 4 atom stereocenters. The van der Waals surface area contributed by atoms with Gasteiger partial charge in [0.1, 0.15) is 24.2 Å². The molecule has 0 saturated carbocycles. The zero-order valence-corrected chi connectivity index (χ0v) is 20.2. The number of carbonyl (C=O) groups is 5. The number of thiol groups is 1. The first kappa shape index (κ1) is 25.3. The van der Waals surface area contributed by atoms with Crippen molar-refractivity contribution in [2.75, 3.05) is 25.4 Å². The zero-order valence-electron chi connectivity index (χ0n) is 19.3. The molecule has 3 heterocycles. The van der Waals surface area contributed by atoms with Gasteiger partial charge in [-0.1, -0.05) is 13.8 Å². The van der Waals surface area contributed by atoms with Crippen LogP contribution in [0.25, 0.3) is 0 Å². The van der Waals surface area contributed by atoms with Crippen molar-refractivity contribution in [2.45, 2.75) is 76.5 Å². The summed E-state index contributed by atoms with van der Waals surface area (Å²) in [6.45, 7) is 4.82. The molecule has 0 spiro atoms. The van der Waals surface area contributed by atoms with Gasteiger partial charge < -0.3 is 25.8 Å². The Labute approximate surface area is 200 Å². The normalized spacial score (nSPS) is 29.0. The zero-order chi connectivity index (χ0) is 24.1. The van der Waals surface area contributed by atoms with Crippen LogP contribution < -0.4 is 16.0 Å². The highest BCUT2D eigenvalue weighted by Gasteiger charge is 2.44. The van der Waals surface area contributed by atoms with E-state index in [0.29, 0.717) is 57.5 Å².